The molecule has 0 aliphatic heterocycles. The highest BCUT2D eigenvalue weighted by atomic mass is 16.6. The molecule has 0 aliphatic rings. The van der Waals surface area contributed by atoms with Crippen LogP contribution in [-0.4, -0.2) is 16.0 Å². The molecule has 0 saturated carbocycles. The normalized spacial score (nSPS) is 10.9. The molecule has 5 heteroatoms. The van der Waals surface area contributed by atoms with Crippen molar-refractivity contribution in [3.8, 4) is 0 Å². The zero-order valence-electron chi connectivity index (χ0n) is 9.24. The van der Waals surface area contributed by atoms with E-state index < -0.39 is 10.9 Å². The molecule has 0 saturated heterocycles. The first-order chi connectivity index (χ1) is 8.58. The van der Waals surface area contributed by atoms with Gasteiger partial charge in [0.1, 0.15) is 0 Å². The van der Waals surface area contributed by atoms with Crippen molar-refractivity contribution in [3.05, 3.63) is 58.2 Å². The Morgan fingerprint density at radius 3 is 2.39 bits per heavy atom. The lowest BCUT2D eigenvalue weighted by Crippen LogP contribution is -1.93. The zero-order valence-corrected chi connectivity index (χ0v) is 9.24. The summed E-state index contributed by atoms with van der Waals surface area (Å²) in [6.07, 6.45) is 2.12. The van der Waals surface area contributed by atoms with Crippen LogP contribution in [0.3, 0.4) is 0 Å². The highest BCUT2D eigenvalue weighted by Gasteiger charge is 2.12. The van der Waals surface area contributed by atoms with E-state index in [0.717, 1.165) is 16.8 Å². The summed E-state index contributed by atoms with van der Waals surface area (Å²) in [6.45, 7) is 0. The Kier molecular flexibility index (Phi) is 3.05. The molecule has 2 rings (SSSR count). The summed E-state index contributed by atoms with van der Waals surface area (Å²) < 4.78 is 0. The van der Waals surface area contributed by atoms with E-state index >= 15 is 0 Å². The Morgan fingerprint density at radius 2 is 1.83 bits per heavy atom. The van der Waals surface area contributed by atoms with Crippen LogP contribution < -0.4 is 0 Å². The Labute approximate surface area is 102 Å². The minimum atomic E-state index is -1.14. The van der Waals surface area contributed by atoms with Crippen molar-refractivity contribution in [2.24, 2.45) is 0 Å². The molecule has 18 heavy (non-hydrogen) atoms. The Hall–Kier alpha value is -2.69. The molecule has 0 aliphatic carbocycles. The van der Waals surface area contributed by atoms with Crippen LogP contribution in [-0.2, 0) is 4.79 Å². The van der Waals surface area contributed by atoms with Gasteiger partial charge < -0.3 is 5.11 Å². The number of carboxylic acid groups (broad SMARTS) is 1. The zero-order chi connectivity index (χ0) is 13.1. The van der Waals surface area contributed by atoms with Gasteiger partial charge in [0.2, 0.25) is 0 Å². The van der Waals surface area contributed by atoms with Crippen LogP contribution in [0.1, 0.15) is 5.56 Å². The summed E-state index contributed by atoms with van der Waals surface area (Å²) in [5.74, 6) is -1.14. The molecule has 0 radical (unpaired) electrons. The average Bonchev–Trinajstić information content (AvgIpc) is 2.35. The molecule has 2 aromatic carbocycles. The van der Waals surface area contributed by atoms with Crippen molar-refractivity contribution in [1.82, 2.24) is 0 Å². The summed E-state index contributed by atoms with van der Waals surface area (Å²) >= 11 is 0. The second-order valence-electron chi connectivity index (χ2n) is 3.69. The van der Waals surface area contributed by atoms with Gasteiger partial charge in [0.05, 0.1) is 10.5 Å². The van der Waals surface area contributed by atoms with Crippen LogP contribution >= 0.6 is 0 Å². The Bertz CT molecular complexity index is 661. The van der Waals surface area contributed by atoms with E-state index in [2.05, 4.69) is 0 Å². The van der Waals surface area contributed by atoms with E-state index in [1.807, 2.05) is 12.1 Å². The van der Waals surface area contributed by atoms with Crippen molar-refractivity contribution in [2.45, 2.75) is 0 Å². The molecule has 0 spiro atoms. The van der Waals surface area contributed by atoms with Crippen LogP contribution in [0.5, 0.6) is 0 Å². The number of aliphatic carboxylic acids is 1. The second kappa shape index (κ2) is 4.67. The molecular weight excluding hydrogens is 234 g/mol. The molecule has 1 N–H and O–H groups in total. The largest absolute Gasteiger partial charge is 0.478 e. The number of hydrogen-bond donors (Lipinski definition) is 1. The molecule has 0 heterocycles. The molecule has 0 unspecified atom stereocenters. The summed E-state index contributed by atoms with van der Waals surface area (Å²) in [5.41, 5.74) is 0.173. The van der Waals surface area contributed by atoms with Crippen molar-refractivity contribution in [1.29, 1.82) is 0 Å². The third-order valence-electron chi connectivity index (χ3n) is 2.50. The summed E-state index contributed by atoms with van der Waals surface area (Å²) in [4.78, 5) is 20.9. The van der Waals surface area contributed by atoms with Gasteiger partial charge in [-0.15, -0.1) is 0 Å². The predicted molar refractivity (Wildman–Crippen MR) is 67.3 cm³/mol. The lowest BCUT2D eigenvalue weighted by atomic mass is 10.0. The minimum Gasteiger partial charge on any atom is -0.478 e. The maximum Gasteiger partial charge on any atom is 0.328 e. The third-order valence-corrected chi connectivity index (χ3v) is 2.50. The van der Waals surface area contributed by atoms with E-state index in [9.17, 15) is 14.9 Å². The van der Waals surface area contributed by atoms with Gasteiger partial charge in [-0.25, -0.2) is 4.79 Å². The van der Waals surface area contributed by atoms with Gasteiger partial charge in [-0.3, -0.25) is 10.1 Å². The van der Waals surface area contributed by atoms with E-state index in [1.165, 1.54) is 12.1 Å². The van der Waals surface area contributed by atoms with Gasteiger partial charge in [0.15, 0.2) is 0 Å². The van der Waals surface area contributed by atoms with Crippen molar-refractivity contribution < 1.29 is 14.8 Å². The number of benzene rings is 2. The fraction of sp³-hybridized carbons (Fsp3) is 0. The molecule has 0 fully saturated rings. The number of rotatable bonds is 3. The molecule has 0 amide bonds. The molecular formula is C13H9NO4. The molecule has 90 valence electrons. The number of carboxylic acids is 1. The van der Waals surface area contributed by atoms with E-state index in [0.29, 0.717) is 0 Å². The van der Waals surface area contributed by atoms with Crippen LogP contribution in [0.2, 0.25) is 0 Å². The highest BCUT2D eigenvalue weighted by Crippen LogP contribution is 2.26. The van der Waals surface area contributed by atoms with Crippen LogP contribution in [0.25, 0.3) is 16.8 Å². The van der Waals surface area contributed by atoms with Crippen LogP contribution in [0.4, 0.5) is 5.69 Å². The van der Waals surface area contributed by atoms with E-state index in [1.54, 1.807) is 18.2 Å². The quantitative estimate of drug-likeness (QED) is 0.510. The monoisotopic (exact) mass is 243 g/mol. The SMILES string of the molecule is O=C(O)/C=C/c1cc2ccccc2cc1[N+](=O)[O-]. The van der Waals surface area contributed by atoms with Crippen molar-refractivity contribution in [3.63, 3.8) is 0 Å². The molecule has 0 bridgehead atoms. The van der Waals surface area contributed by atoms with Crippen molar-refractivity contribution >= 4 is 28.5 Å². The minimum absolute atomic E-state index is 0.105. The Morgan fingerprint density at radius 1 is 1.22 bits per heavy atom. The number of nitro groups is 1. The summed E-state index contributed by atoms with van der Waals surface area (Å²) in [7, 11) is 0. The predicted octanol–water partition coefficient (Wildman–Crippen LogP) is 2.85. The number of hydrogen-bond acceptors (Lipinski definition) is 3. The van der Waals surface area contributed by atoms with Crippen LogP contribution in [0, 0.1) is 10.1 Å². The lowest BCUT2D eigenvalue weighted by Gasteiger charge is -2.01. The van der Waals surface area contributed by atoms with Gasteiger partial charge in [0, 0.05) is 12.1 Å². The van der Waals surface area contributed by atoms with Gasteiger partial charge >= 0.3 is 5.97 Å². The third kappa shape index (κ3) is 2.35. The molecule has 5 nitrogen and oxygen atoms in total. The smallest absolute Gasteiger partial charge is 0.328 e. The summed E-state index contributed by atoms with van der Waals surface area (Å²) in [5, 5.41) is 21.1. The maximum atomic E-state index is 10.9. The fourth-order valence-electron chi connectivity index (χ4n) is 1.70. The Balaban J connectivity index is 2.65. The van der Waals surface area contributed by atoms with Gasteiger partial charge in [-0.2, -0.15) is 0 Å². The fourth-order valence-corrected chi connectivity index (χ4v) is 1.70. The van der Waals surface area contributed by atoms with E-state index in [4.69, 9.17) is 5.11 Å². The first-order valence-electron chi connectivity index (χ1n) is 5.16. The average molecular weight is 243 g/mol. The number of fused-ring (bicyclic) bond motifs is 1. The topological polar surface area (TPSA) is 80.4 Å². The van der Waals surface area contributed by atoms with Crippen molar-refractivity contribution in [2.75, 3.05) is 0 Å². The van der Waals surface area contributed by atoms with Gasteiger partial charge in [-0.05, 0) is 22.9 Å². The number of nitro benzene ring substituents is 1. The lowest BCUT2D eigenvalue weighted by molar-refractivity contribution is -0.384. The van der Waals surface area contributed by atoms with E-state index in [-0.39, 0.29) is 11.3 Å². The van der Waals surface area contributed by atoms with Crippen LogP contribution in [0.15, 0.2) is 42.5 Å². The molecule has 0 atom stereocenters. The number of nitrogens with zero attached hydrogens (tertiary/aromatic N) is 1. The standard InChI is InChI=1S/C13H9NO4/c15-13(16)6-5-11-7-9-3-1-2-4-10(9)8-12(11)14(17)18/h1-8H,(H,15,16)/b6-5+. The first-order valence-corrected chi connectivity index (χ1v) is 5.16. The first kappa shape index (κ1) is 11.8. The molecule has 2 aromatic rings. The maximum absolute atomic E-state index is 10.9. The highest BCUT2D eigenvalue weighted by molar-refractivity contribution is 5.91. The second-order valence-corrected chi connectivity index (χ2v) is 3.69. The summed E-state index contributed by atoms with van der Waals surface area (Å²) in [6, 6.07) is 10.2. The van der Waals surface area contributed by atoms with Gasteiger partial charge in [-0.1, -0.05) is 24.3 Å². The number of carbonyl (C=O) groups is 1. The van der Waals surface area contributed by atoms with Gasteiger partial charge in [0.25, 0.3) is 5.69 Å². The molecule has 0 aromatic heterocycles.